The number of hydrogen-bond acceptors (Lipinski definition) is 1. The Morgan fingerprint density at radius 2 is 1.68 bits per heavy atom. The molecule has 2 atom stereocenters. The molecule has 1 rings (SSSR count). The molecule has 0 aromatic carbocycles. The van der Waals surface area contributed by atoms with Gasteiger partial charge < -0.3 is 0 Å². The van der Waals surface area contributed by atoms with Crippen LogP contribution in [0.4, 0.5) is 0 Å². The van der Waals surface area contributed by atoms with Crippen molar-refractivity contribution in [3.8, 4) is 0 Å². The second-order valence-electron chi connectivity index (χ2n) is 8.03. The molecule has 0 radical (unpaired) electrons. The van der Waals surface area contributed by atoms with Crippen molar-refractivity contribution in [3.63, 3.8) is 0 Å². The van der Waals surface area contributed by atoms with E-state index in [-0.39, 0.29) is 10.8 Å². The molecule has 1 aromatic heterocycles. The van der Waals surface area contributed by atoms with Crippen molar-refractivity contribution in [1.29, 1.82) is 0 Å². The summed E-state index contributed by atoms with van der Waals surface area (Å²) in [5, 5.41) is 0.165. The van der Waals surface area contributed by atoms with Gasteiger partial charge >= 0.3 is 0 Å². The molecule has 0 aliphatic carbocycles. The molecular weight excluding hydrogens is 272 g/mol. The molecule has 0 amide bonds. The van der Waals surface area contributed by atoms with Crippen LogP contribution in [0, 0.1) is 11.3 Å². The molecule has 110 valence electrons. The third-order valence-electron chi connectivity index (χ3n) is 3.24. The lowest BCUT2D eigenvalue weighted by Crippen LogP contribution is -2.12. The van der Waals surface area contributed by atoms with E-state index in [1.807, 2.05) is 11.3 Å². The van der Waals surface area contributed by atoms with E-state index in [9.17, 15) is 0 Å². The van der Waals surface area contributed by atoms with Crippen LogP contribution in [0.2, 0.25) is 0 Å². The maximum Gasteiger partial charge on any atom is 0.0681 e. The van der Waals surface area contributed by atoms with Gasteiger partial charge in [0.25, 0.3) is 0 Å². The first-order valence-corrected chi connectivity index (χ1v) is 8.48. The van der Waals surface area contributed by atoms with Crippen LogP contribution in [-0.4, -0.2) is 0 Å². The lowest BCUT2D eigenvalue weighted by Gasteiger charge is -2.24. The molecule has 0 bridgehead atoms. The number of thiophene rings is 1. The Morgan fingerprint density at radius 3 is 2.11 bits per heavy atom. The number of rotatable bonds is 4. The first kappa shape index (κ1) is 17.0. The van der Waals surface area contributed by atoms with Gasteiger partial charge in [0.2, 0.25) is 0 Å². The van der Waals surface area contributed by atoms with E-state index >= 15 is 0 Å². The highest BCUT2D eigenvalue weighted by molar-refractivity contribution is 7.12. The van der Waals surface area contributed by atoms with Crippen LogP contribution in [0.15, 0.2) is 12.1 Å². The van der Waals surface area contributed by atoms with Gasteiger partial charge in [-0.3, -0.25) is 0 Å². The molecule has 1 aromatic rings. The molecule has 1 heterocycles. The van der Waals surface area contributed by atoms with Gasteiger partial charge in [0.1, 0.15) is 0 Å². The van der Waals surface area contributed by atoms with E-state index in [2.05, 4.69) is 60.6 Å². The van der Waals surface area contributed by atoms with E-state index in [0.29, 0.717) is 11.3 Å². The fourth-order valence-electron chi connectivity index (χ4n) is 2.52. The highest BCUT2D eigenvalue weighted by Crippen LogP contribution is 2.39. The van der Waals surface area contributed by atoms with Gasteiger partial charge in [-0.1, -0.05) is 48.5 Å². The maximum absolute atomic E-state index is 6.60. The second kappa shape index (κ2) is 6.18. The summed E-state index contributed by atoms with van der Waals surface area (Å²) in [5.74, 6) is 0.669. The minimum Gasteiger partial charge on any atom is -0.143 e. The van der Waals surface area contributed by atoms with Gasteiger partial charge in [0.05, 0.1) is 5.38 Å². The predicted octanol–water partition coefficient (Wildman–Crippen LogP) is 6.79. The Kier molecular flexibility index (Phi) is 5.54. The molecule has 0 saturated heterocycles. The van der Waals surface area contributed by atoms with E-state index in [1.165, 1.54) is 16.2 Å². The van der Waals surface area contributed by atoms with E-state index in [4.69, 9.17) is 11.6 Å². The zero-order valence-electron chi connectivity index (χ0n) is 13.5. The van der Waals surface area contributed by atoms with Crippen LogP contribution in [-0.2, 0) is 5.41 Å². The Labute approximate surface area is 128 Å². The van der Waals surface area contributed by atoms with Crippen LogP contribution in [0.5, 0.6) is 0 Å². The van der Waals surface area contributed by atoms with Gasteiger partial charge in [0.15, 0.2) is 0 Å². The molecule has 0 nitrogen and oxygen atoms in total. The minimum atomic E-state index is 0.165. The van der Waals surface area contributed by atoms with Crippen molar-refractivity contribution in [1.82, 2.24) is 0 Å². The third kappa shape index (κ3) is 5.87. The van der Waals surface area contributed by atoms with Crippen molar-refractivity contribution in [3.05, 3.63) is 21.9 Å². The van der Waals surface area contributed by atoms with Crippen LogP contribution in [0.25, 0.3) is 0 Å². The van der Waals surface area contributed by atoms with Crippen molar-refractivity contribution in [2.75, 3.05) is 0 Å². The van der Waals surface area contributed by atoms with Crippen molar-refractivity contribution in [2.24, 2.45) is 11.3 Å². The summed E-state index contributed by atoms with van der Waals surface area (Å²) in [4.78, 5) is 2.75. The summed E-state index contributed by atoms with van der Waals surface area (Å²) >= 11 is 8.48. The van der Waals surface area contributed by atoms with Gasteiger partial charge in [-0.15, -0.1) is 22.9 Å². The quantitative estimate of drug-likeness (QED) is 0.537. The Hall–Kier alpha value is -0.0100. The minimum absolute atomic E-state index is 0.165. The van der Waals surface area contributed by atoms with Gasteiger partial charge in [-0.2, -0.15) is 0 Å². The van der Waals surface area contributed by atoms with Crippen molar-refractivity contribution < 1.29 is 0 Å². The van der Waals surface area contributed by atoms with Crippen LogP contribution >= 0.6 is 22.9 Å². The second-order valence-corrected chi connectivity index (χ2v) is 9.67. The topological polar surface area (TPSA) is 0 Å². The zero-order chi connectivity index (χ0) is 14.8. The third-order valence-corrected chi connectivity index (χ3v) is 5.41. The van der Waals surface area contributed by atoms with E-state index in [1.54, 1.807) is 0 Å². The normalized spacial score (nSPS) is 16.4. The maximum atomic E-state index is 6.60. The summed E-state index contributed by atoms with van der Waals surface area (Å²) in [6.45, 7) is 16.0. The smallest absolute Gasteiger partial charge is 0.0681 e. The molecular formula is C17H29ClS. The average Bonchev–Trinajstić information content (AvgIpc) is 2.61. The first-order valence-electron chi connectivity index (χ1n) is 7.23. The SMILES string of the molecule is CC(CC(Cl)c1ccc(C(C)(C)C)s1)CC(C)(C)C. The molecule has 0 aliphatic heterocycles. The molecule has 0 N–H and O–H groups in total. The fourth-order valence-corrected chi connectivity index (χ4v) is 4.09. The standard InChI is InChI=1S/C17H29ClS/c1-12(11-16(2,3)4)10-13(18)14-8-9-15(19-14)17(5,6)7/h8-9,12-13H,10-11H2,1-7H3. The van der Waals surface area contributed by atoms with E-state index in [0.717, 1.165) is 6.42 Å². The Balaban J connectivity index is 2.63. The summed E-state index contributed by atoms with van der Waals surface area (Å²) in [6, 6.07) is 4.45. The largest absolute Gasteiger partial charge is 0.143 e. The zero-order valence-corrected chi connectivity index (χ0v) is 15.1. The summed E-state index contributed by atoms with van der Waals surface area (Å²) < 4.78 is 0. The van der Waals surface area contributed by atoms with Gasteiger partial charge in [-0.25, -0.2) is 0 Å². The highest BCUT2D eigenvalue weighted by Gasteiger charge is 2.22. The Bertz CT molecular complexity index is 392. The summed E-state index contributed by atoms with van der Waals surface area (Å²) in [5.41, 5.74) is 0.624. The first-order chi connectivity index (χ1) is 8.49. The van der Waals surface area contributed by atoms with Crippen molar-refractivity contribution in [2.45, 2.75) is 72.1 Å². The van der Waals surface area contributed by atoms with Crippen LogP contribution in [0.3, 0.4) is 0 Å². The molecule has 0 saturated carbocycles. The van der Waals surface area contributed by atoms with E-state index < -0.39 is 0 Å². The highest BCUT2D eigenvalue weighted by atomic mass is 35.5. The molecule has 0 spiro atoms. The van der Waals surface area contributed by atoms with Crippen LogP contribution < -0.4 is 0 Å². The lowest BCUT2D eigenvalue weighted by molar-refractivity contribution is 0.295. The fraction of sp³-hybridized carbons (Fsp3) is 0.765. The molecule has 0 aliphatic rings. The van der Waals surface area contributed by atoms with Gasteiger partial charge in [-0.05, 0) is 41.7 Å². The van der Waals surface area contributed by atoms with Gasteiger partial charge in [0, 0.05) is 9.75 Å². The van der Waals surface area contributed by atoms with Crippen LogP contribution in [0.1, 0.15) is 76.4 Å². The molecule has 0 fully saturated rings. The average molecular weight is 301 g/mol. The number of alkyl halides is 1. The monoisotopic (exact) mass is 300 g/mol. The molecule has 2 heteroatoms. The number of halogens is 1. The van der Waals surface area contributed by atoms with Crippen molar-refractivity contribution >= 4 is 22.9 Å². The number of hydrogen-bond donors (Lipinski definition) is 0. The lowest BCUT2D eigenvalue weighted by atomic mass is 9.83. The molecule has 2 unspecified atom stereocenters. The predicted molar refractivity (Wildman–Crippen MR) is 89.5 cm³/mol. The molecule has 19 heavy (non-hydrogen) atoms. The summed E-state index contributed by atoms with van der Waals surface area (Å²) in [7, 11) is 0. The Morgan fingerprint density at radius 1 is 1.11 bits per heavy atom. The summed E-state index contributed by atoms with van der Waals surface area (Å²) in [6.07, 6.45) is 2.30.